The number of carbonyl (C=O) groups is 1. The van der Waals surface area contributed by atoms with Gasteiger partial charge in [-0.05, 0) is 30.7 Å². The van der Waals surface area contributed by atoms with E-state index in [1.54, 1.807) is 0 Å². The monoisotopic (exact) mass is 305 g/mol. The molecule has 0 saturated carbocycles. The Morgan fingerprint density at radius 2 is 2.00 bits per heavy atom. The number of aryl methyl sites for hydroxylation is 1. The van der Waals surface area contributed by atoms with Crippen LogP contribution in [0.15, 0.2) is 18.2 Å². The fourth-order valence-electron chi connectivity index (χ4n) is 1.56. The molecule has 20 heavy (non-hydrogen) atoms. The van der Waals surface area contributed by atoms with Crippen molar-refractivity contribution in [3.8, 4) is 10.6 Å². The molecule has 2 aromatic rings. The highest BCUT2D eigenvalue weighted by Gasteiger charge is 2.39. The zero-order chi connectivity index (χ0) is 15.1. The van der Waals surface area contributed by atoms with E-state index in [1.807, 2.05) is 0 Å². The summed E-state index contributed by atoms with van der Waals surface area (Å²) in [5.74, 6) is -2.19. The highest BCUT2D eigenvalue weighted by Crippen LogP contribution is 2.37. The Bertz CT molecular complexity index is 679. The molecule has 3 nitrogen and oxygen atoms in total. The molecule has 0 fully saturated rings. The van der Waals surface area contributed by atoms with Gasteiger partial charge in [0.25, 0.3) is 0 Å². The quantitative estimate of drug-likeness (QED) is 0.854. The van der Waals surface area contributed by atoms with Crippen molar-refractivity contribution in [2.24, 2.45) is 0 Å². The van der Waals surface area contributed by atoms with Crippen molar-refractivity contribution < 1.29 is 27.5 Å². The smallest absolute Gasteiger partial charge is 0.435 e. The predicted octanol–water partition coefficient (Wildman–Crippen LogP) is 3.97. The first-order chi connectivity index (χ1) is 9.20. The number of nitrogens with zero attached hydrogens (tertiary/aromatic N) is 1. The zero-order valence-electron chi connectivity index (χ0n) is 9.95. The van der Waals surface area contributed by atoms with Gasteiger partial charge < -0.3 is 5.11 Å². The number of hydrogen-bond donors (Lipinski definition) is 1. The SMILES string of the molecule is Cc1cc(-c2nc(C(F)(F)F)c(C(=O)O)s2)ccc1F. The van der Waals surface area contributed by atoms with Crippen LogP contribution < -0.4 is 0 Å². The van der Waals surface area contributed by atoms with Gasteiger partial charge in [0.15, 0.2) is 5.69 Å². The van der Waals surface area contributed by atoms with Crippen molar-refractivity contribution >= 4 is 17.3 Å². The molecular weight excluding hydrogens is 298 g/mol. The summed E-state index contributed by atoms with van der Waals surface area (Å²) in [5, 5.41) is 8.69. The molecule has 0 bridgehead atoms. The molecule has 0 radical (unpaired) electrons. The van der Waals surface area contributed by atoms with Crippen LogP contribution in [0.25, 0.3) is 10.6 Å². The summed E-state index contributed by atoms with van der Waals surface area (Å²) in [5.41, 5.74) is -0.956. The third-order valence-corrected chi connectivity index (χ3v) is 3.59. The summed E-state index contributed by atoms with van der Waals surface area (Å²) in [6.07, 6.45) is -4.85. The molecule has 0 aliphatic carbocycles. The second-order valence-corrected chi connectivity index (χ2v) is 4.96. The predicted molar refractivity (Wildman–Crippen MR) is 64.2 cm³/mol. The Labute approximate surface area is 114 Å². The third-order valence-electron chi connectivity index (χ3n) is 2.49. The molecular formula is C12H7F4NO2S. The topological polar surface area (TPSA) is 50.2 Å². The molecule has 106 valence electrons. The number of halogens is 4. The van der Waals surface area contributed by atoms with E-state index in [-0.39, 0.29) is 16.1 Å². The second kappa shape index (κ2) is 4.86. The van der Waals surface area contributed by atoms with E-state index in [0.717, 1.165) is 6.07 Å². The van der Waals surface area contributed by atoms with Gasteiger partial charge in [-0.25, -0.2) is 14.2 Å². The first-order valence-corrected chi connectivity index (χ1v) is 6.09. The molecule has 0 saturated heterocycles. The number of carboxylic acid groups (broad SMARTS) is 1. The average Bonchev–Trinajstić information content (AvgIpc) is 2.77. The number of carboxylic acids is 1. The highest BCUT2D eigenvalue weighted by molar-refractivity contribution is 7.17. The van der Waals surface area contributed by atoms with Gasteiger partial charge in [-0.1, -0.05) is 0 Å². The summed E-state index contributed by atoms with van der Waals surface area (Å²) in [4.78, 5) is 13.3. The molecule has 1 aromatic heterocycles. The summed E-state index contributed by atoms with van der Waals surface area (Å²) < 4.78 is 51.2. The van der Waals surface area contributed by atoms with E-state index in [4.69, 9.17) is 5.11 Å². The van der Waals surface area contributed by atoms with E-state index < -0.39 is 28.5 Å². The van der Waals surface area contributed by atoms with Crippen molar-refractivity contribution in [2.45, 2.75) is 13.1 Å². The van der Waals surface area contributed by atoms with Crippen LogP contribution in [0.2, 0.25) is 0 Å². The summed E-state index contributed by atoms with van der Waals surface area (Å²) in [7, 11) is 0. The minimum atomic E-state index is -4.85. The van der Waals surface area contributed by atoms with Gasteiger partial charge in [0.05, 0.1) is 0 Å². The van der Waals surface area contributed by atoms with Crippen LogP contribution >= 0.6 is 11.3 Å². The number of thiazole rings is 1. The van der Waals surface area contributed by atoms with Gasteiger partial charge in [0, 0.05) is 5.56 Å². The van der Waals surface area contributed by atoms with Crippen LogP contribution in [0, 0.1) is 12.7 Å². The van der Waals surface area contributed by atoms with Crippen LogP contribution in [-0.2, 0) is 6.18 Å². The van der Waals surface area contributed by atoms with E-state index in [0.29, 0.717) is 11.3 Å². The number of hydrogen-bond acceptors (Lipinski definition) is 3. The first kappa shape index (κ1) is 14.4. The maximum absolute atomic E-state index is 13.1. The average molecular weight is 305 g/mol. The Morgan fingerprint density at radius 1 is 1.35 bits per heavy atom. The molecule has 0 amide bonds. The summed E-state index contributed by atoms with van der Waals surface area (Å²) in [6.45, 7) is 1.45. The summed E-state index contributed by atoms with van der Waals surface area (Å²) >= 11 is 0.409. The lowest BCUT2D eigenvalue weighted by Crippen LogP contribution is -2.11. The Kier molecular flexibility index (Phi) is 3.51. The normalized spacial score (nSPS) is 11.7. The van der Waals surface area contributed by atoms with Gasteiger partial charge in [-0.3, -0.25) is 0 Å². The maximum atomic E-state index is 13.1. The van der Waals surface area contributed by atoms with Crippen molar-refractivity contribution in [1.82, 2.24) is 4.98 Å². The van der Waals surface area contributed by atoms with Crippen molar-refractivity contribution in [3.05, 3.63) is 40.2 Å². The van der Waals surface area contributed by atoms with E-state index in [9.17, 15) is 22.4 Å². The lowest BCUT2D eigenvalue weighted by Gasteiger charge is -2.02. The van der Waals surface area contributed by atoms with Crippen molar-refractivity contribution in [3.63, 3.8) is 0 Å². The Balaban J connectivity index is 2.58. The van der Waals surface area contributed by atoms with E-state index >= 15 is 0 Å². The fraction of sp³-hybridized carbons (Fsp3) is 0.167. The molecule has 0 aliphatic heterocycles. The molecule has 0 unspecified atom stereocenters. The lowest BCUT2D eigenvalue weighted by atomic mass is 10.1. The third kappa shape index (κ3) is 2.64. The minimum Gasteiger partial charge on any atom is -0.477 e. The number of aromatic nitrogens is 1. The number of aromatic carboxylic acids is 1. The lowest BCUT2D eigenvalue weighted by molar-refractivity contribution is -0.141. The first-order valence-electron chi connectivity index (χ1n) is 5.28. The second-order valence-electron chi connectivity index (χ2n) is 3.96. The van der Waals surface area contributed by atoms with Gasteiger partial charge in [-0.15, -0.1) is 11.3 Å². The molecule has 2 rings (SSSR count). The molecule has 0 spiro atoms. The van der Waals surface area contributed by atoms with E-state index in [1.165, 1.54) is 19.1 Å². The molecule has 1 aromatic carbocycles. The van der Waals surface area contributed by atoms with Crippen LogP contribution in [0.1, 0.15) is 20.9 Å². The van der Waals surface area contributed by atoms with Gasteiger partial charge >= 0.3 is 12.1 Å². The molecule has 8 heteroatoms. The highest BCUT2D eigenvalue weighted by atomic mass is 32.1. The standard InChI is InChI=1S/C12H7F4NO2S/c1-5-4-6(2-3-7(5)13)10-17-9(12(14,15)16)8(20-10)11(18)19/h2-4H,1H3,(H,18,19). The molecule has 1 heterocycles. The number of rotatable bonds is 2. The Morgan fingerprint density at radius 3 is 2.45 bits per heavy atom. The number of alkyl halides is 3. The molecule has 0 atom stereocenters. The van der Waals surface area contributed by atoms with Crippen LogP contribution in [0.3, 0.4) is 0 Å². The number of benzene rings is 1. The zero-order valence-corrected chi connectivity index (χ0v) is 10.8. The van der Waals surface area contributed by atoms with Crippen molar-refractivity contribution in [1.29, 1.82) is 0 Å². The van der Waals surface area contributed by atoms with Crippen LogP contribution in [0.5, 0.6) is 0 Å². The molecule has 1 N–H and O–H groups in total. The van der Waals surface area contributed by atoms with Crippen molar-refractivity contribution in [2.75, 3.05) is 0 Å². The van der Waals surface area contributed by atoms with Crippen LogP contribution in [0.4, 0.5) is 17.6 Å². The summed E-state index contributed by atoms with van der Waals surface area (Å²) in [6, 6.07) is 3.67. The van der Waals surface area contributed by atoms with Gasteiger partial charge in [0.1, 0.15) is 15.7 Å². The minimum absolute atomic E-state index is 0.113. The van der Waals surface area contributed by atoms with Gasteiger partial charge in [0.2, 0.25) is 0 Å². The largest absolute Gasteiger partial charge is 0.477 e. The van der Waals surface area contributed by atoms with E-state index in [2.05, 4.69) is 4.98 Å². The Hall–Kier alpha value is -1.96. The molecule has 0 aliphatic rings. The maximum Gasteiger partial charge on any atom is 0.435 e. The van der Waals surface area contributed by atoms with Crippen LogP contribution in [-0.4, -0.2) is 16.1 Å². The van der Waals surface area contributed by atoms with Gasteiger partial charge in [-0.2, -0.15) is 13.2 Å². The fourth-order valence-corrected chi connectivity index (χ4v) is 2.48.